The van der Waals surface area contributed by atoms with Crippen LogP contribution in [0.2, 0.25) is 0 Å². The van der Waals surface area contributed by atoms with Gasteiger partial charge in [0.15, 0.2) is 0 Å². The van der Waals surface area contributed by atoms with Gasteiger partial charge in [0.05, 0.1) is 0 Å². The van der Waals surface area contributed by atoms with Crippen LogP contribution in [0.1, 0.15) is 46.0 Å². The van der Waals surface area contributed by atoms with E-state index in [2.05, 4.69) is 19.9 Å². The maximum Gasteiger partial charge on any atom is 0.124 e. The van der Waals surface area contributed by atoms with Gasteiger partial charge in [0, 0.05) is 6.42 Å². The molecule has 1 heteroatoms. The molecule has 0 unspecified atom stereocenters. The minimum absolute atomic E-state index is 0.659. The van der Waals surface area contributed by atoms with Crippen LogP contribution in [0.25, 0.3) is 0 Å². The molecule has 0 saturated heterocycles. The highest BCUT2D eigenvalue weighted by Crippen LogP contribution is 2.31. The van der Waals surface area contributed by atoms with E-state index in [0.717, 1.165) is 19.1 Å². The van der Waals surface area contributed by atoms with Crippen LogP contribution in [-0.2, 0) is 4.79 Å². The normalized spacial score (nSPS) is 18.2. The third-order valence-corrected chi connectivity index (χ3v) is 2.77. The molecule has 0 N–H and O–H groups in total. The zero-order chi connectivity index (χ0) is 9.68. The molecule has 0 saturated carbocycles. The van der Waals surface area contributed by atoms with Crippen molar-refractivity contribution in [3.8, 4) is 0 Å². The molecular weight excluding hydrogens is 160 g/mol. The summed E-state index contributed by atoms with van der Waals surface area (Å²) in [6.07, 6.45) is 8.52. The second kappa shape index (κ2) is 5.00. The predicted octanol–water partition coefficient (Wildman–Crippen LogP) is 3.41. The summed E-state index contributed by atoms with van der Waals surface area (Å²) in [6.45, 7) is 4.23. The maximum atomic E-state index is 10.4. The number of carbonyl (C=O) groups excluding carboxylic acids is 1. The Bertz CT molecular complexity index is 246. The molecule has 0 bridgehead atoms. The van der Waals surface area contributed by atoms with Gasteiger partial charge in [0.2, 0.25) is 0 Å². The van der Waals surface area contributed by atoms with Gasteiger partial charge >= 0.3 is 0 Å². The van der Waals surface area contributed by atoms with E-state index in [1.54, 1.807) is 0 Å². The molecule has 0 aromatic rings. The van der Waals surface area contributed by atoms with Crippen molar-refractivity contribution in [3.05, 3.63) is 22.8 Å². The molecule has 0 fully saturated rings. The highest BCUT2D eigenvalue weighted by atomic mass is 16.1. The van der Waals surface area contributed by atoms with E-state index in [1.165, 1.54) is 29.6 Å². The quantitative estimate of drug-likeness (QED) is 0.476. The van der Waals surface area contributed by atoms with Crippen molar-refractivity contribution >= 4 is 6.29 Å². The zero-order valence-corrected chi connectivity index (χ0v) is 8.60. The second-order valence-corrected chi connectivity index (χ2v) is 3.74. The van der Waals surface area contributed by atoms with E-state index < -0.39 is 0 Å². The van der Waals surface area contributed by atoms with Gasteiger partial charge in [-0.25, -0.2) is 0 Å². The van der Waals surface area contributed by atoms with E-state index in [0.29, 0.717) is 6.42 Å². The smallest absolute Gasteiger partial charge is 0.124 e. The number of hydrogen-bond donors (Lipinski definition) is 0. The Kier molecular flexibility index (Phi) is 3.94. The van der Waals surface area contributed by atoms with Crippen molar-refractivity contribution in [3.63, 3.8) is 0 Å². The Morgan fingerprint density at radius 3 is 2.69 bits per heavy atom. The third-order valence-electron chi connectivity index (χ3n) is 2.77. The van der Waals surface area contributed by atoms with Gasteiger partial charge in [-0.05, 0) is 39.5 Å². The van der Waals surface area contributed by atoms with E-state index >= 15 is 0 Å². The lowest BCUT2D eigenvalue weighted by atomic mass is 10.0. The fraction of sp³-hybridized carbons (Fsp3) is 0.583. The van der Waals surface area contributed by atoms with Crippen molar-refractivity contribution in [2.75, 3.05) is 0 Å². The molecule has 0 heterocycles. The summed E-state index contributed by atoms with van der Waals surface area (Å²) in [5, 5.41) is 0. The SMILES string of the molecule is C/C=C(/C)CC1=C(CC=O)CCC1. The largest absolute Gasteiger partial charge is 0.303 e. The molecule has 1 aliphatic rings. The molecular formula is C12H18O. The van der Waals surface area contributed by atoms with Gasteiger partial charge in [0.25, 0.3) is 0 Å². The lowest BCUT2D eigenvalue weighted by Crippen LogP contribution is -1.87. The van der Waals surface area contributed by atoms with Crippen LogP contribution < -0.4 is 0 Å². The molecule has 0 amide bonds. The second-order valence-electron chi connectivity index (χ2n) is 3.74. The Hall–Kier alpha value is -0.850. The van der Waals surface area contributed by atoms with Gasteiger partial charge in [-0.2, -0.15) is 0 Å². The Balaban J connectivity index is 2.64. The fourth-order valence-electron chi connectivity index (χ4n) is 1.87. The third kappa shape index (κ3) is 2.83. The van der Waals surface area contributed by atoms with Crippen LogP contribution in [0.4, 0.5) is 0 Å². The first kappa shape index (κ1) is 10.2. The van der Waals surface area contributed by atoms with Crippen molar-refractivity contribution in [2.45, 2.75) is 46.0 Å². The summed E-state index contributed by atoms with van der Waals surface area (Å²) < 4.78 is 0. The molecule has 0 radical (unpaired) electrons. The molecule has 72 valence electrons. The van der Waals surface area contributed by atoms with Gasteiger partial charge < -0.3 is 4.79 Å². The first-order valence-electron chi connectivity index (χ1n) is 5.03. The first-order valence-corrected chi connectivity index (χ1v) is 5.03. The molecule has 0 aromatic heterocycles. The number of hydrogen-bond acceptors (Lipinski definition) is 1. The summed E-state index contributed by atoms with van der Waals surface area (Å²) in [6, 6.07) is 0. The van der Waals surface area contributed by atoms with E-state index in [4.69, 9.17) is 0 Å². The molecule has 0 aromatic carbocycles. The van der Waals surface area contributed by atoms with Crippen molar-refractivity contribution in [2.24, 2.45) is 0 Å². The summed E-state index contributed by atoms with van der Waals surface area (Å²) in [4.78, 5) is 10.4. The van der Waals surface area contributed by atoms with E-state index in [1.807, 2.05) is 0 Å². The Morgan fingerprint density at radius 2 is 2.08 bits per heavy atom. The molecule has 0 atom stereocenters. The molecule has 13 heavy (non-hydrogen) atoms. The summed E-state index contributed by atoms with van der Waals surface area (Å²) in [5.74, 6) is 0. The van der Waals surface area contributed by atoms with Crippen LogP contribution >= 0.6 is 0 Å². The number of allylic oxidation sites excluding steroid dienone is 4. The fourth-order valence-corrected chi connectivity index (χ4v) is 1.87. The minimum Gasteiger partial charge on any atom is -0.303 e. The van der Waals surface area contributed by atoms with Gasteiger partial charge in [-0.15, -0.1) is 0 Å². The standard InChI is InChI=1S/C12H18O/c1-3-10(2)9-12-6-4-5-11(12)7-8-13/h3,8H,4-7,9H2,1-2H3/b10-3-. The van der Waals surface area contributed by atoms with Gasteiger partial charge in [0.1, 0.15) is 6.29 Å². The summed E-state index contributed by atoms with van der Waals surface area (Å²) in [5.41, 5.74) is 4.33. The molecule has 1 nitrogen and oxygen atoms in total. The lowest BCUT2D eigenvalue weighted by molar-refractivity contribution is -0.107. The molecule has 0 aliphatic heterocycles. The maximum absolute atomic E-state index is 10.4. The summed E-state index contributed by atoms with van der Waals surface area (Å²) in [7, 11) is 0. The van der Waals surface area contributed by atoms with Crippen LogP contribution in [0, 0.1) is 0 Å². The predicted molar refractivity (Wildman–Crippen MR) is 55.6 cm³/mol. The van der Waals surface area contributed by atoms with Crippen LogP contribution in [-0.4, -0.2) is 6.29 Å². The lowest BCUT2D eigenvalue weighted by Gasteiger charge is -2.04. The first-order chi connectivity index (χ1) is 6.27. The van der Waals surface area contributed by atoms with Gasteiger partial charge in [-0.1, -0.05) is 22.8 Å². The number of carbonyl (C=O) groups is 1. The van der Waals surface area contributed by atoms with E-state index in [-0.39, 0.29) is 0 Å². The average Bonchev–Trinajstić information content (AvgIpc) is 2.54. The summed E-state index contributed by atoms with van der Waals surface area (Å²) >= 11 is 0. The number of rotatable bonds is 4. The van der Waals surface area contributed by atoms with Crippen molar-refractivity contribution in [1.82, 2.24) is 0 Å². The number of aldehydes is 1. The molecule has 1 aliphatic carbocycles. The molecule has 0 spiro atoms. The Labute approximate surface area is 80.5 Å². The van der Waals surface area contributed by atoms with Crippen molar-refractivity contribution < 1.29 is 4.79 Å². The van der Waals surface area contributed by atoms with Crippen LogP contribution in [0.3, 0.4) is 0 Å². The molecule has 1 rings (SSSR count). The van der Waals surface area contributed by atoms with Gasteiger partial charge in [-0.3, -0.25) is 0 Å². The van der Waals surface area contributed by atoms with Crippen LogP contribution in [0.15, 0.2) is 22.8 Å². The van der Waals surface area contributed by atoms with Crippen LogP contribution in [0.5, 0.6) is 0 Å². The topological polar surface area (TPSA) is 17.1 Å². The highest BCUT2D eigenvalue weighted by Gasteiger charge is 2.13. The monoisotopic (exact) mass is 178 g/mol. The minimum atomic E-state index is 0.659. The Morgan fingerprint density at radius 1 is 1.38 bits per heavy atom. The zero-order valence-electron chi connectivity index (χ0n) is 8.60. The highest BCUT2D eigenvalue weighted by molar-refractivity contribution is 5.55. The van der Waals surface area contributed by atoms with E-state index in [9.17, 15) is 4.79 Å². The average molecular weight is 178 g/mol. The van der Waals surface area contributed by atoms with Crippen molar-refractivity contribution in [1.29, 1.82) is 0 Å².